The van der Waals surface area contributed by atoms with E-state index in [4.69, 9.17) is 27.6 Å². The van der Waals surface area contributed by atoms with E-state index in [1.807, 2.05) is 19.1 Å². The molecule has 7 heteroatoms. The van der Waals surface area contributed by atoms with Crippen molar-refractivity contribution in [3.05, 3.63) is 51.7 Å². The second-order valence-corrected chi connectivity index (χ2v) is 7.67. The van der Waals surface area contributed by atoms with E-state index < -0.39 is 0 Å². The van der Waals surface area contributed by atoms with Crippen molar-refractivity contribution >= 4 is 29.2 Å². The summed E-state index contributed by atoms with van der Waals surface area (Å²) in [5, 5.41) is 7.72. The molecule has 1 aromatic carbocycles. The summed E-state index contributed by atoms with van der Waals surface area (Å²) in [7, 11) is 1.71. The van der Waals surface area contributed by atoms with Gasteiger partial charge >= 0.3 is 0 Å². The second-order valence-electron chi connectivity index (χ2n) is 6.83. The maximum Gasteiger partial charge on any atom is 0.213 e. The smallest absolute Gasteiger partial charge is 0.213 e. The van der Waals surface area contributed by atoms with Crippen molar-refractivity contribution in [2.75, 3.05) is 7.05 Å². The minimum atomic E-state index is -0.0645. The molecule has 2 N–H and O–H groups in total. The van der Waals surface area contributed by atoms with Gasteiger partial charge in [-0.1, -0.05) is 50.0 Å². The van der Waals surface area contributed by atoms with Crippen LogP contribution in [0.3, 0.4) is 0 Å². The van der Waals surface area contributed by atoms with Gasteiger partial charge in [-0.15, -0.1) is 0 Å². The van der Waals surface area contributed by atoms with E-state index in [-0.39, 0.29) is 11.5 Å². The number of benzene rings is 1. The van der Waals surface area contributed by atoms with Gasteiger partial charge in [-0.3, -0.25) is 4.99 Å². The Morgan fingerprint density at radius 1 is 1.32 bits per heavy atom. The van der Waals surface area contributed by atoms with Gasteiger partial charge < -0.3 is 15.1 Å². The fraction of sp³-hybridized carbons (Fsp3) is 0.444. The van der Waals surface area contributed by atoms with E-state index in [1.54, 1.807) is 19.3 Å². The van der Waals surface area contributed by atoms with Crippen LogP contribution >= 0.6 is 23.2 Å². The minimum absolute atomic E-state index is 0.0364. The molecule has 1 atom stereocenters. The molecule has 0 spiro atoms. The van der Waals surface area contributed by atoms with E-state index in [9.17, 15) is 0 Å². The Bertz CT molecular complexity index is 750. The highest BCUT2D eigenvalue weighted by Gasteiger charge is 2.19. The van der Waals surface area contributed by atoms with Crippen molar-refractivity contribution in [3.8, 4) is 0 Å². The van der Waals surface area contributed by atoms with Crippen LogP contribution in [0.15, 0.2) is 33.8 Å². The van der Waals surface area contributed by atoms with Crippen molar-refractivity contribution in [1.29, 1.82) is 0 Å². The zero-order chi connectivity index (χ0) is 18.6. The molecule has 25 heavy (non-hydrogen) atoms. The first-order valence-electron chi connectivity index (χ1n) is 8.08. The SMILES string of the molecule is CN=C(NCc1ncc(C(C)(C)C)o1)NC(C)c1ccc(Cl)cc1Cl. The fourth-order valence-corrected chi connectivity index (χ4v) is 2.80. The summed E-state index contributed by atoms with van der Waals surface area (Å²) in [6, 6.07) is 5.41. The summed E-state index contributed by atoms with van der Waals surface area (Å²) in [6.45, 7) is 8.70. The minimum Gasteiger partial charge on any atom is -0.443 e. The zero-order valence-corrected chi connectivity index (χ0v) is 16.7. The summed E-state index contributed by atoms with van der Waals surface area (Å²) in [4.78, 5) is 8.53. The Hall–Kier alpha value is -1.72. The van der Waals surface area contributed by atoms with Gasteiger partial charge in [0.2, 0.25) is 5.89 Å². The van der Waals surface area contributed by atoms with Crippen LogP contribution in [0.2, 0.25) is 10.0 Å². The lowest BCUT2D eigenvalue weighted by Gasteiger charge is -2.19. The van der Waals surface area contributed by atoms with E-state index in [0.717, 1.165) is 11.3 Å². The van der Waals surface area contributed by atoms with Crippen LogP contribution in [0.5, 0.6) is 0 Å². The highest BCUT2D eigenvalue weighted by atomic mass is 35.5. The fourth-order valence-electron chi connectivity index (χ4n) is 2.23. The van der Waals surface area contributed by atoms with Crippen LogP contribution < -0.4 is 10.6 Å². The molecule has 0 saturated heterocycles. The predicted octanol–water partition coefficient (Wildman–Crippen LogP) is 4.71. The van der Waals surface area contributed by atoms with Crippen molar-refractivity contribution in [2.24, 2.45) is 4.99 Å². The van der Waals surface area contributed by atoms with Gasteiger partial charge in [-0.05, 0) is 24.6 Å². The number of oxazole rings is 1. The number of nitrogens with one attached hydrogen (secondary N) is 2. The normalized spacial score (nSPS) is 13.6. The molecule has 1 aromatic heterocycles. The Balaban J connectivity index is 1.97. The number of aliphatic imine (C=N–C) groups is 1. The van der Waals surface area contributed by atoms with Crippen LogP contribution in [0.1, 0.15) is 51.0 Å². The van der Waals surface area contributed by atoms with Gasteiger partial charge in [-0.2, -0.15) is 0 Å². The Morgan fingerprint density at radius 3 is 2.60 bits per heavy atom. The molecule has 2 aromatic rings. The molecule has 0 bridgehead atoms. The lowest BCUT2D eigenvalue weighted by molar-refractivity contribution is 0.379. The standard InChI is InChI=1S/C18H24Cl2N4O/c1-11(13-7-6-12(19)8-14(13)20)24-17(21-5)23-10-16-22-9-15(25-16)18(2,3)4/h6-9,11H,10H2,1-5H3,(H2,21,23,24). The molecule has 1 heterocycles. The molecule has 0 amide bonds. The molecule has 1 unspecified atom stereocenters. The topological polar surface area (TPSA) is 62.5 Å². The maximum absolute atomic E-state index is 6.26. The van der Waals surface area contributed by atoms with Crippen LogP contribution in [-0.2, 0) is 12.0 Å². The molecule has 136 valence electrons. The van der Waals surface area contributed by atoms with Gasteiger partial charge in [0.15, 0.2) is 5.96 Å². The molecule has 0 aliphatic heterocycles. The Morgan fingerprint density at radius 2 is 2.04 bits per heavy atom. The van der Waals surface area contributed by atoms with E-state index in [0.29, 0.717) is 28.4 Å². The van der Waals surface area contributed by atoms with E-state index in [1.165, 1.54) is 0 Å². The molecule has 0 fully saturated rings. The van der Waals surface area contributed by atoms with Crippen molar-refractivity contribution in [3.63, 3.8) is 0 Å². The number of hydrogen-bond acceptors (Lipinski definition) is 3. The number of rotatable bonds is 4. The third kappa shape index (κ3) is 5.38. The first-order valence-corrected chi connectivity index (χ1v) is 8.83. The summed E-state index contributed by atoms with van der Waals surface area (Å²) in [5.41, 5.74) is 0.880. The van der Waals surface area contributed by atoms with Gasteiger partial charge in [-0.25, -0.2) is 4.98 Å². The lowest BCUT2D eigenvalue weighted by Crippen LogP contribution is -2.38. The highest BCUT2D eigenvalue weighted by Crippen LogP contribution is 2.26. The lowest BCUT2D eigenvalue weighted by atomic mass is 9.94. The molecular weight excluding hydrogens is 359 g/mol. The highest BCUT2D eigenvalue weighted by molar-refractivity contribution is 6.35. The quantitative estimate of drug-likeness (QED) is 0.593. The third-order valence-electron chi connectivity index (χ3n) is 3.71. The van der Waals surface area contributed by atoms with Gasteiger partial charge in [0, 0.05) is 22.5 Å². The Labute approximate surface area is 158 Å². The van der Waals surface area contributed by atoms with Crippen molar-refractivity contribution < 1.29 is 4.42 Å². The summed E-state index contributed by atoms with van der Waals surface area (Å²) >= 11 is 12.2. The third-order valence-corrected chi connectivity index (χ3v) is 4.27. The number of nitrogens with zero attached hydrogens (tertiary/aromatic N) is 2. The average molecular weight is 383 g/mol. The molecule has 2 rings (SSSR count). The average Bonchev–Trinajstić information content (AvgIpc) is 3.00. The number of halogens is 2. The summed E-state index contributed by atoms with van der Waals surface area (Å²) < 4.78 is 5.77. The molecule has 0 saturated carbocycles. The summed E-state index contributed by atoms with van der Waals surface area (Å²) in [6.07, 6.45) is 1.77. The zero-order valence-electron chi connectivity index (χ0n) is 15.2. The molecule has 0 aliphatic rings. The van der Waals surface area contributed by atoms with Gasteiger partial charge in [0.1, 0.15) is 5.76 Å². The molecule has 5 nitrogen and oxygen atoms in total. The molecule has 0 aliphatic carbocycles. The second kappa shape index (κ2) is 8.11. The van der Waals surface area contributed by atoms with Crippen molar-refractivity contribution in [1.82, 2.24) is 15.6 Å². The largest absolute Gasteiger partial charge is 0.443 e. The first kappa shape index (κ1) is 19.6. The molecule has 0 radical (unpaired) electrons. The Kier molecular flexibility index (Phi) is 6.36. The molecular formula is C18H24Cl2N4O. The number of guanidine groups is 1. The predicted molar refractivity (Wildman–Crippen MR) is 103 cm³/mol. The monoisotopic (exact) mass is 382 g/mol. The number of hydrogen-bond donors (Lipinski definition) is 2. The van der Waals surface area contributed by atoms with Crippen LogP contribution in [0, 0.1) is 0 Å². The first-order chi connectivity index (χ1) is 11.7. The van der Waals surface area contributed by atoms with Crippen molar-refractivity contribution in [2.45, 2.75) is 45.7 Å². The van der Waals surface area contributed by atoms with Crippen LogP contribution in [0.25, 0.3) is 0 Å². The number of aromatic nitrogens is 1. The van der Waals surface area contributed by atoms with E-state index in [2.05, 4.69) is 41.4 Å². The van der Waals surface area contributed by atoms with Crippen LogP contribution in [0.4, 0.5) is 0 Å². The van der Waals surface area contributed by atoms with E-state index >= 15 is 0 Å². The maximum atomic E-state index is 6.26. The summed E-state index contributed by atoms with van der Waals surface area (Å²) in [5.74, 6) is 2.10. The van der Waals surface area contributed by atoms with Gasteiger partial charge in [0.25, 0.3) is 0 Å². The van der Waals surface area contributed by atoms with Crippen LogP contribution in [-0.4, -0.2) is 18.0 Å². The van der Waals surface area contributed by atoms with Gasteiger partial charge in [0.05, 0.1) is 18.8 Å².